The molecule has 2 aromatic rings. The number of benzene rings is 2. The van der Waals surface area contributed by atoms with E-state index in [9.17, 15) is 14.4 Å². The zero-order valence-corrected chi connectivity index (χ0v) is 13.6. The summed E-state index contributed by atoms with van der Waals surface area (Å²) in [6.45, 7) is 3.22. The van der Waals surface area contributed by atoms with Gasteiger partial charge in [0.05, 0.1) is 6.61 Å². The van der Waals surface area contributed by atoms with Crippen LogP contribution >= 0.6 is 0 Å². The molecular formula is C19H19NO4. The van der Waals surface area contributed by atoms with Crippen molar-refractivity contribution in [3.05, 3.63) is 71.3 Å². The van der Waals surface area contributed by atoms with Gasteiger partial charge in [-0.2, -0.15) is 0 Å². The second-order valence-corrected chi connectivity index (χ2v) is 5.21. The van der Waals surface area contributed by atoms with E-state index in [4.69, 9.17) is 4.74 Å². The average molecular weight is 325 g/mol. The van der Waals surface area contributed by atoms with E-state index in [2.05, 4.69) is 5.32 Å². The molecule has 24 heavy (non-hydrogen) atoms. The van der Waals surface area contributed by atoms with Crippen molar-refractivity contribution in [1.29, 1.82) is 0 Å². The molecule has 5 nitrogen and oxygen atoms in total. The Morgan fingerprint density at radius 3 is 2.29 bits per heavy atom. The molecule has 0 saturated heterocycles. The molecule has 0 aromatic heterocycles. The van der Waals surface area contributed by atoms with Gasteiger partial charge in [0, 0.05) is 18.1 Å². The molecule has 0 aliphatic rings. The molecule has 1 N–H and O–H groups in total. The molecule has 0 aliphatic carbocycles. The van der Waals surface area contributed by atoms with Crippen molar-refractivity contribution in [3.8, 4) is 0 Å². The lowest BCUT2D eigenvalue weighted by molar-refractivity contribution is -0.147. The Hall–Kier alpha value is -2.95. The summed E-state index contributed by atoms with van der Waals surface area (Å²) < 4.78 is 5.01. The highest BCUT2D eigenvalue weighted by Crippen LogP contribution is 2.19. The first kappa shape index (κ1) is 17.4. The van der Waals surface area contributed by atoms with Gasteiger partial charge in [-0.25, -0.2) is 4.79 Å². The van der Waals surface area contributed by atoms with E-state index in [1.165, 1.54) is 6.92 Å². The molecule has 0 fully saturated rings. The van der Waals surface area contributed by atoms with E-state index in [1.807, 2.05) is 6.07 Å². The number of esters is 1. The number of ether oxygens (including phenoxy) is 1. The zero-order chi connectivity index (χ0) is 17.5. The van der Waals surface area contributed by atoms with Crippen LogP contribution in [-0.2, 0) is 14.3 Å². The van der Waals surface area contributed by atoms with E-state index in [0.29, 0.717) is 16.7 Å². The maximum atomic E-state index is 12.5. The lowest BCUT2D eigenvalue weighted by atomic mass is 9.98. The number of carbonyl (C=O) groups excluding carboxylic acids is 3. The molecular weight excluding hydrogens is 306 g/mol. The highest BCUT2D eigenvalue weighted by atomic mass is 16.5. The fourth-order valence-corrected chi connectivity index (χ4v) is 2.32. The summed E-state index contributed by atoms with van der Waals surface area (Å²) in [5.41, 5.74) is 1.51. The summed E-state index contributed by atoms with van der Waals surface area (Å²) in [5.74, 6) is -1.06. The minimum Gasteiger partial charge on any atom is -0.464 e. The minimum atomic E-state index is -0.939. The normalized spacial score (nSPS) is 11.4. The Balaban J connectivity index is 2.34. The zero-order valence-electron chi connectivity index (χ0n) is 13.6. The third-order valence-electron chi connectivity index (χ3n) is 3.39. The van der Waals surface area contributed by atoms with Crippen LogP contribution in [0, 0.1) is 0 Å². The lowest BCUT2D eigenvalue weighted by Gasteiger charge is -2.17. The van der Waals surface area contributed by atoms with Crippen molar-refractivity contribution in [2.24, 2.45) is 0 Å². The minimum absolute atomic E-state index is 0.150. The van der Waals surface area contributed by atoms with Gasteiger partial charge in [0.1, 0.15) is 0 Å². The molecule has 1 amide bonds. The summed E-state index contributed by atoms with van der Waals surface area (Å²) in [4.78, 5) is 36.0. The number of hydrogen-bond donors (Lipinski definition) is 1. The van der Waals surface area contributed by atoms with Gasteiger partial charge in [0.2, 0.25) is 5.91 Å². The van der Waals surface area contributed by atoms with E-state index in [0.717, 1.165) is 0 Å². The van der Waals surface area contributed by atoms with Crippen LogP contribution in [-0.4, -0.2) is 24.3 Å². The standard InChI is InChI=1S/C19H19NO4/c1-3-24-19(23)17(20-13(2)21)15-10-7-11-16(12-15)18(22)14-8-5-4-6-9-14/h4-12,17H,3H2,1-2H3,(H,20,21). The van der Waals surface area contributed by atoms with Crippen molar-refractivity contribution >= 4 is 17.7 Å². The van der Waals surface area contributed by atoms with Gasteiger partial charge in [0.25, 0.3) is 0 Å². The Morgan fingerprint density at radius 2 is 1.67 bits per heavy atom. The summed E-state index contributed by atoms with van der Waals surface area (Å²) in [6.07, 6.45) is 0. The van der Waals surface area contributed by atoms with E-state index < -0.39 is 12.0 Å². The molecule has 5 heteroatoms. The molecule has 2 aromatic carbocycles. The van der Waals surface area contributed by atoms with Crippen LogP contribution in [0.3, 0.4) is 0 Å². The third kappa shape index (κ3) is 4.29. The monoisotopic (exact) mass is 325 g/mol. The van der Waals surface area contributed by atoms with Crippen LogP contribution in [0.15, 0.2) is 54.6 Å². The summed E-state index contributed by atoms with van der Waals surface area (Å²) in [7, 11) is 0. The highest BCUT2D eigenvalue weighted by molar-refractivity contribution is 6.09. The van der Waals surface area contributed by atoms with E-state index in [-0.39, 0.29) is 18.3 Å². The average Bonchev–Trinajstić information content (AvgIpc) is 2.60. The molecule has 0 heterocycles. The van der Waals surface area contributed by atoms with Crippen LogP contribution in [0.1, 0.15) is 41.4 Å². The van der Waals surface area contributed by atoms with Gasteiger partial charge in [-0.15, -0.1) is 0 Å². The van der Waals surface area contributed by atoms with Crippen LogP contribution in [0.5, 0.6) is 0 Å². The Labute approximate surface area is 140 Å². The number of carbonyl (C=O) groups is 3. The molecule has 0 bridgehead atoms. The van der Waals surface area contributed by atoms with E-state index >= 15 is 0 Å². The van der Waals surface area contributed by atoms with Gasteiger partial charge < -0.3 is 10.1 Å². The van der Waals surface area contributed by atoms with Crippen LogP contribution in [0.25, 0.3) is 0 Å². The molecule has 2 rings (SSSR count). The predicted octanol–water partition coefficient (Wildman–Crippen LogP) is 2.66. The Kier molecular flexibility index (Phi) is 5.84. The number of hydrogen-bond acceptors (Lipinski definition) is 4. The SMILES string of the molecule is CCOC(=O)C(NC(C)=O)c1cccc(C(=O)c2ccccc2)c1. The summed E-state index contributed by atoms with van der Waals surface area (Å²) in [6, 6.07) is 14.6. The fraction of sp³-hybridized carbons (Fsp3) is 0.211. The van der Waals surface area contributed by atoms with Gasteiger partial charge in [0.15, 0.2) is 11.8 Å². The van der Waals surface area contributed by atoms with Gasteiger partial charge in [-0.3, -0.25) is 9.59 Å². The lowest BCUT2D eigenvalue weighted by Crippen LogP contribution is -2.33. The van der Waals surface area contributed by atoms with Crippen LogP contribution < -0.4 is 5.32 Å². The molecule has 124 valence electrons. The van der Waals surface area contributed by atoms with Crippen molar-refractivity contribution in [2.75, 3.05) is 6.61 Å². The maximum absolute atomic E-state index is 12.5. The largest absolute Gasteiger partial charge is 0.464 e. The quantitative estimate of drug-likeness (QED) is 0.654. The molecule has 1 unspecified atom stereocenters. The summed E-state index contributed by atoms with van der Waals surface area (Å²) in [5, 5.41) is 2.56. The maximum Gasteiger partial charge on any atom is 0.333 e. The predicted molar refractivity (Wildman–Crippen MR) is 89.5 cm³/mol. The first-order chi connectivity index (χ1) is 11.5. The number of ketones is 1. The fourth-order valence-electron chi connectivity index (χ4n) is 2.32. The van der Waals surface area contributed by atoms with Crippen molar-refractivity contribution in [2.45, 2.75) is 19.9 Å². The first-order valence-electron chi connectivity index (χ1n) is 7.66. The van der Waals surface area contributed by atoms with Gasteiger partial charge in [-0.1, -0.05) is 48.5 Å². The second-order valence-electron chi connectivity index (χ2n) is 5.21. The van der Waals surface area contributed by atoms with Gasteiger partial charge in [-0.05, 0) is 18.6 Å². The molecule has 0 aliphatic heterocycles. The van der Waals surface area contributed by atoms with Crippen molar-refractivity contribution < 1.29 is 19.1 Å². The Morgan fingerprint density at radius 1 is 1.00 bits per heavy atom. The van der Waals surface area contributed by atoms with E-state index in [1.54, 1.807) is 55.5 Å². The van der Waals surface area contributed by atoms with Gasteiger partial charge >= 0.3 is 5.97 Å². The Bertz CT molecular complexity index is 740. The highest BCUT2D eigenvalue weighted by Gasteiger charge is 2.23. The number of rotatable bonds is 6. The van der Waals surface area contributed by atoms with Crippen LogP contribution in [0.2, 0.25) is 0 Å². The summed E-state index contributed by atoms with van der Waals surface area (Å²) >= 11 is 0. The number of nitrogens with one attached hydrogen (secondary N) is 1. The van der Waals surface area contributed by atoms with Crippen LogP contribution in [0.4, 0.5) is 0 Å². The molecule has 0 radical (unpaired) electrons. The smallest absolute Gasteiger partial charge is 0.333 e. The number of amides is 1. The third-order valence-corrected chi connectivity index (χ3v) is 3.39. The first-order valence-corrected chi connectivity index (χ1v) is 7.66. The molecule has 1 atom stereocenters. The molecule has 0 saturated carbocycles. The van der Waals surface area contributed by atoms with Crippen molar-refractivity contribution in [1.82, 2.24) is 5.32 Å². The second kappa shape index (κ2) is 8.06. The van der Waals surface area contributed by atoms with Crippen molar-refractivity contribution in [3.63, 3.8) is 0 Å². The molecule has 0 spiro atoms. The topological polar surface area (TPSA) is 72.5 Å².